The van der Waals surface area contributed by atoms with E-state index >= 15 is 0 Å². The summed E-state index contributed by atoms with van der Waals surface area (Å²) >= 11 is 0. The normalized spacial score (nSPS) is 22.5. The lowest BCUT2D eigenvalue weighted by Crippen LogP contribution is -2.68. The lowest BCUT2D eigenvalue weighted by atomic mass is 9.99. The molecule has 1 fully saturated rings. The van der Waals surface area contributed by atoms with Crippen molar-refractivity contribution in [3.8, 4) is 0 Å². The van der Waals surface area contributed by atoms with Crippen LogP contribution in [0.4, 0.5) is 0 Å². The number of carbonyl (C=O) groups excluding carboxylic acids is 1. The average molecular weight is 509 g/mol. The van der Waals surface area contributed by atoms with Gasteiger partial charge in [0.2, 0.25) is 0 Å². The lowest BCUT2D eigenvalue weighted by Gasteiger charge is -2.47. The van der Waals surface area contributed by atoms with Crippen molar-refractivity contribution in [3.63, 3.8) is 0 Å². The Morgan fingerprint density at radius 1 is 0.972 bits per heavy atom. The predicted molar refractivity (Wildman–Crippen MR) is 147 cm³/mol. The summed E-state index contributed by atoms with van der Waals surface area (Å²) in [4.78, 5) is 11.0. The van der Waals surface area contributed by atoms with Crippen LogP contribution in [0.2, 0.25) is 5.04 Å². The summed E-state index contributed by atoms with van der Waals surface area (Å²) in [5.74, 6) is 0. The van der Waals surface area contributed by atoms with Crippen molar-refractivity contribution in [1.82, 2.24) is 0 Å². The molecule has 0 aliphatic carbocycles. The molecule has 0 amide bonds. The van der Waals surface area contributed by atoms with Gasteiger partial charge in [-0.05, 0) is 28.4 Å². The van der Waals surface area contributed by atoms with Crippen molar-refractivity contribution in [3.05, 3.63) is 84.5 Å². The largest absolute Gasteiger partial charge is 0.398 e. The highest BCUT2D eigenvalue weighted by Gasteiger charge is 2.52. The van der Waals surface area contributed by atoms with Gasteiger partial charge in [-0.1, -0.05) is 99.2 Å². The quantitative estimate of drug-likeness (QED) is 0.200. The Morgan fingerprint density at radius 2 is 1.56 bits per heavy atom. The first-order valence-electron chi connectivity index (χ1n) is 12.5. The summed E-state index contributed by atoms with van der Waals surface area (Å²) < 4.78 is 25.2. The Labute approximate surface area is 217 Å². The summed E-state index contributed by atoms with van der Waals surface area (Å²) in [6.07, 6.45) is 6.48. The van der Waals surface area contributed by atoms with Crippen LogP contribution in [-0.4, -0.2) is 53.4 Å². The summed E-state index contributed by atoms with van der Waals surface area (Å²) in [5, 5.41) is 2.21. The minimum atomic E-state index is -2.86. The molecule has 4 atom stereocenters. The predicted octanol–water partition coefficient (Wildman–Crippen LogP) is 4.80. The number of ether oxygens (including phenoxy) is 3. The molecule has 0 spiro atoms. The number of benzene rings is 2. The van der Waals surface area contributed by atoms with E-state index in [-0.39, 0.29) is 29.6 Å². The first-order valence-corrected chi connectivity index (χ1v) is 14.5. The van der Waals surface area contributed by atoms with Crippen LogP contribution in [-0.2, 0) is 23.4 Å². The van der Waals surface area contributed by atoms with E-state index in [1.807, 2.05) is 19.1 Å². The molecule has 0 bridgehead atoms. The number of hydrogen-bond donors (Lipinski definition) is 0. The minimum absolute atomic E-state index is 0.00169. The van der Waals surface area contributed by atoms with E-state index in [0.717, 1.165) is 11.9 Å². The zero-order valence-electron chi connectivity index (χ0n) is 22.3. The van der Waals surface area contributed by atoms with E-state index in [4.69, 9.17) is 18.6 Å². The van der Waals surface area contributed by atoms with Gasteiger partial charge in [0.25, 0.3) is 8.32 Å². The molecule has 36 heavy (non-hydrogen) atoms. The minimum Gasteiger partial charge on any atom is -0.398 e. The highest BCUT2D eigenvalue weighted by atomic mass is 28.4. The van der Waals surface area contributed by atoms with E-state index in [0.29, 0.717) is 12.8 Å². The van der Waals surface area contributed by atoms with Crippen LogP contribution in [0.5, 0.6) is 0 Å². The second-order valence-electron chi connectivity index (χ2n) is 10.3. The van der Waals surface area contributed by atoms with Gasteiger partial charge < -0.3 is 18.6 Å². The number of methoxy groups -OCH3 is 2. The molecule has 0 N–H and O–H groups in total. The van der Waals surface area contributed by atoms with Crippen molar-refractivity contribution in [2.45, 2.75) is 70.2 Å². The molecule has 0 aromatic heterocycles. The molecule has 0 saturated carbocycles. The highest BCUT2D eigenvalue weighted by Crippen LogP contribution is 2.39. The van der Waals surface area contributed by atoms with Gasteiger partial charge in [-0.2, -0.15) is 0 Å². The van der Waals surface area contributed by atoms with Crippen LogP contribution in [0.15, 0.2) is 84.5 Å². The first-order chi connectivity index (χ1) is 17.2. The Balaban J connectivity index is 2.19. The second kappa shape index (κ2) is 12.7. The van der Waals surface area contributed by atoms with Crippen molar-refractivity contribution in [2.24, 2.45) is 0 Å². The molecule has 1 aliphatic rings. The number of rotatable bonds is 10. The molecule has 194 valence electrons. The number of allylic oxidation sites excluding steroid dienone is 3. The fraction of sp³-hybridized carbons (Fsp3) is 0.433. The van der Waals surface area contributed by atoms with Gasteiger partial charge in [-0.3, -0.25) is 4.79 Å². The molecule has 1 aliphatic heterocycles. The van der Waals surface area contributed by atoms with Gasteiger partial charge in [0.1, 0.15) is 6.29 Å². The van der Waals surface area contributed by atoms with Crippen molar-refractivity contribution < 1.29 is 23.4 Å². The fourth-order valence-electron chi connectivity index (χ4n) is 5.05. The van der Waals surface area contributed by atoms with Crippen LogP contribution in [0.25, 0.3) is 0 Å². The molecule has 1 saturated heterocycles. The molecule has 2 aromatic rings. The Morgan fingerprint density at radius 3 is 2.03 bits per heavy atom. The maximum atomic E-state index is 11.0. The van der Waals surface area contributed by atoms with Gasteiger partial charge in [-0.25, -0.2) is 0 Å². The number of carbonyl (C=O) groups is 1. The van der Waals surface area contributed by atoms with E-state index in [2.05, 4.69) is 75.4 Å². The molecule has 3 rings (SSSR count). The molecular formula is C30H40O5Si. The SMILES string of the molecule is CO[C@H]1C[C@H](OC)O[C@@H]([C@@H](/C=C(C)/C=C/C=O)O[Si](c2ccccc2)(c2ccccc2)C(C)(C)C)C1. The van der Waals surface area contributed by atoms with E-state index in [1.165, 1.54) is 16.4 Å². The van der Waals surface area contributed by atoms with Gasteiger partial charge in [-0.15, -0.1) is 0 Å². The molecule has 0 unspecified atom stereocenters. The Bertz CT molecular complexity index is 961. The second-order valence-corrected chi connectivity index (χ2v) is 14.6. The maximum absolute atomic E-state index is 11.0. The zero-order valence-corrected chi connectivity index (χ0v) is 23.3. The maximum Gasteiger partial charge on any atom is 0.262 e. The molecule has 5 nitrogen and oxygen atoms in total. The van der Waals surface area contributed by atoms with Crippen molar-refractivity contribution in [2.75, 3.05) is 14.2 Å². The van der Waals surface area contributed by atoms with E-state index in [1.54, 1.807) is 20.3 Å². The van der Waals surface area contributed by atoms with Crippen molar-refractivity contribution >= 4 is 25.0 Å². The summed E-state index contributed by atoms with van der Waals surface area (Å²) in [6.45, 7) is 8.76. The fourth-order valence-corrected chi connectivity index (χ4v) is 9.69. The molecule has 1 heterocycles. The van der Waals surface area contributed by atoms with Gasteiger partial charge in [0.15, 0.2) is 6.29 Å². The summed E-state index contributed by atoms with van der Waals surface area (Å²) in [5.41, 5.74) is 0.933. The smallest absolute Gasteiger partial charge is 0.262 e. The standard InChI is InChI=1S/C30H40O5Si/c1-23(14-13-19-31)20-28(27-21-24(32-5)22-29(33-6)34-27)35-36(30(2,3)4,25-15-9-7-10-16-25)26-17-11-8-12-18-26/h7-20,24,27-29H,21-22H2,1-6H3/b14-13+,23-20+/t24-,27-,28-,29-/m1/s1. The zero-order chi connectivity index (χ0) is 26.2. The third-order valence-corrected chi connectivity index (χ3v) is 11.9. The van der Waals surface area contributed by atoms with E-state index < -0.39 is 8.32 Å². The van der Waals surface area contributed by atoms with Crippen LogP contribution < -0.4 is 10.4 Å². The number of aldehydes is 1. The van der Waals surface area contributed by atoms with Gasteiger partial charge >= 0.3 is 0 Å². The molecule has 0 radical (unpaired) electrons. The monoisotopic (exact) mass is 508 g/mol. The average Bonchev–Trinajstić information content (AvgIpc) is 2.89. The first kappa shape index (κ1) is 28.2. The van der Waals surface area contributed by atoms with E-state index in [9.17, 15) is 4.79 Å². The molecule has 6 heteroatoms. The number of hydrogen-bond acceptors (Lipinski definition) is 5. The van der Waals surface area contributed by atoms with Crippen LogP contribution in [0.3, 0.4) is 0 Å². The topological polar surface area (TPSA) is 54.0 Å². The van der Waals surface area contributed by atoms with Crippen LogP contribution >= 0.6 is 0 Å². The van der Waals surface area contributed by atoms with Crippen LogP contribution in [0.1, 0.15) is 40.5 Å². The Kier molecular flexibility index (Phi) is 9.99. The third kappa shape index (κ3) is 6.50. The van der Waals surface area contributed by atoms with Crippen LogP contribution in [0, 0.1) is 0 Å². The molecular weight excluding hydrogens is 468 g/mol. The summed E-state index contributed by atoms with van der Waals surface area (Å²) in [6, 6.07) is 21.1. The lowest BCUT2D eigenvalue weighted by molar-refractivity contribution is -0.220. The van der Waals surface area contributed by atoms with Crippen molar-refractivity contribution in [1.29, 1.82) is 0 Å². The highest BCUT2D eigenvalue weighted by molar-refractivity contribution is 6.99. The Hall–Kier alpha value is -2.35. The molecule has 2 aromatic carbocycles. The summed E-state index contributed by atoms with van der Waals surface area (Å²) in [7, 11) is 0.528. The van der Waals surface area contributed by atoms with Gasteiger partial charge in [0.05, 0.1) is 18.3 Å². The third-order valence-electron chi connectivity index (χ3n) is 6.83. The van der Waals surface area contributed by atoms with Gasteiger partial charge in [0, 0.05) is 27.1 Å².